The zero-order valence-electron chi connectivity index (χ0n) is 11.2. The largest absolute Gasteiger partial charge is 0.370 e. The van der Waals surface area contributed by atoms with E-state index in [1.54, 1.807) is 6.07 Å². The van der Waals surface area contributed by atoms with Crippen LogP contribution in [0.1, 0.15) is 55.3 Å². The molecule has 3 N–H and O–H groups in total. The molecule has 1 amide bonds. The lowest BCUT2D eigenvalue weighted by molar-refractivity contribution is -0.0298. The lowest BCUT2D eigenvalue weighted by Gasteiger charge is -2.30. The molecule has 6 nitrogen and oxygen atoms in total. The number of hydrazine groups is 1. The number of nitrogens with one attached hydrogen (secondary N) is 1. The van der Waals surface area contributed by atoms with Crippen LogP contribution >= 0.6 is 0 Å². The van der Waals surface area contributed by atoms with Crippen molar-refractivity contribution in [1.82, 2.24) is 10.6 Å². The Labute approximate surface area is 112 Å². The van der Waals surface area contributed by atoms with E-state index in [9.17, 15) is 4.79 Å². The van der Waals surface area contributed by atoms with Crippen molar-refractivity contribution in [2.75, 3.05) is 0 Å². The fraction of sp³-hybridized carbons (Fsp3) is 0.692. The van der Waals surface area contributed by atoms with Gasteiger partial charge in [-0.25, -0.2) is 5.84 Å². The summed E-state index contributed by atoms with van der Waals surface area (Å²) in [6, 6.07) is 1.56. The van der Waals surface area contributed by atoms with Gasteiger partial charge in [-0.2, -0.15) is 0 Å². The Balaban J connectivity index is 1.87. The molecule has 1 aliphatic carbocycles. The zero-order valence-corrected chi connectivity index (χ0v) is 11.2. The van der Waals surface area contributed by atoms with Crippen LogP contribution in [0.4, 0.5) is 0 Å². The second-order valence-corrected chi connectivity index (χ2v) is 4.95. The Hall–Kier alpha value is -1.40. The lowest BCUT2D eigenvalue weighted by Crippen LogP contribution is -2.30. The second-order valence-electron chi connectivity index (χ2n) is 4.95. The van der Waals surface area contributed by atoms with E-state index in [-0.39, 0.29) is 11.8 Å². The minimum atomic E-state index is -0.459. The van der Waals surface area contributed by atoms with Gasteiger partial charge in [-0.15, -0.1) is 0 Å². The number of hydrogen-bond acceptors (Lipinski definition) is 5. The van der Waals surface area contributed by atoms with Gasteiger partial charge in [-0.05, 0) is 18.8 Å². The van der Waals surface area contributed by atoms with Gasteiger partial charge in [0, 0.05) is 6.07 Å². The molecule has 0 aliphatic heterocycles. The molecular formula is C13H21N3O3. The molecule has 0 aromatic carbocycles. The molecule has 106 valence electrons. The number of carbonyl (C=O) groups excluding carboxylic acids is 1. The molecule has 1 heterocycles. The van der Waals surface area contributed by atoms with Crippen LogP contribution in [0.5, 0.6) is 0 Å². The number of nitrogens with two attached hydrogens (primary N) is 1. The Morgan fingerprint density at radius 1 is 1.58 bits per heavy atom. The highest BCUT2D eigenvalue weighted by Crippen LogP contribution is 2.29. The number of ether oxygens (including phenoxy) is 1. The predicted octanol–water partition coefficient (Wildman–Crippen LogP) is 1.76. The van der Waals surface area contributed by atoms with Crippen LogP contribution in [0.15, 0.2) is 10.6 Å². The smallest absolute Gasteiger partial charge is 0.287 e. The molecule has 1 fully saturated rings. The zero-order chi connectivity index (χ0) is 13.7. The van der Waals surface area contributed by atoms with Gasteiger partial charge in [-0.3, -0.25) is 10.2 Å². The molecule has 0 spiro atoms. The normalized spacial score (nSPS) is 23.3. The standard InChI is InChI=1S/C13H21N3O3/c1-2-9-5-3-4-6-12(9)18-8-10-7-11(16-19-10)13(17)15-14/h7,9,12H,2-6,8,14H2,1H3,(H,15,17). The number of aromatic nitrogens is 1. The van der Waals surface area contributed by atoms with Gasteiger partial charge in [0.15, 0.2) is 11.5 Å². The molecule has 1 saturated carbocycles. The summed E-state index contributed by atoms with van der Waals surface area (Å²) in [6.07, 6.45) is 6.28. The summed E-state index contributed by atoms with van der Waals surface area (Å²) in [7, 11) is 0. The monoisotopic (exact) mass is 267 g/mol. The highest BCUT2D eigenvalue weighted by atomic mass is 16.5. The van der Waals surface area contributed by atoms with Gasteiger partial charge in [0.25, 0.3) is 5.91 Å². The van der Waals surface area contributed by atoms with E-state index >= 15 is 0 Å². The van der Waals surface area contributed by atoms with Gasteiger partial charge < -0.3 is 9.26 Å². The van der Waals surface area contributed by atoms with Gasteiger partial charge in [0.05, 0.1) is 6.10 Å². The van der Waals surface area contributed by atoms with Gasteiger partial charge in [0.2, 0.25) is 0 Å². The number of carbonyl (C=O) groups is 1. The van der Waals surface area contributed by atoms with Crippen molar-refractivity contribution >= 4 is 5.91 Å². The van der Waals surface area contributed by atoms with Crippen molar-refractivity contribution < 1.29 is 14.1 Å². The van der Waals surface area contributed by atoms with Crippen molar-refractivity contribution in [2.24, 2.45) is 11.8 Å². The summed E-state index contributed by atoms with van der Waals surface area (Å²) in [4.78, 5) is 11.2. The van der Waals surface area contributed by atoms with Crippen molar-refractivity contribution in [3.05, 3.63) is 17.5 Å². The van der Waals surface area contributed by atoms with Crippen LogP contribution in [0.2, 0.25) is 0 Å². The van der Waals surface area contributed by atoms with E-state index < -0.39 is 5.91 Å². The van der Waals surface area contributed by atoms with Gasteiger partial charge in [-0.1, -0.05) is 31.3 Å². The van der Waals surface area contributed by atoms with Crippen LogP contribution < -0.4 is 11.3 Å². The molecule has 0 radical (unpaired) electrons. The van der Waals surface area contributed by atoms with Crippen molar-refractivity contribution in [3.63, 3.8) is 0 Å². The lowest BCUT2D eigenvalue weighted by atomic mass is 9.85. The molecule has 1 aromatic rings. The number of rotatable bonds is 5. The average Bonchev–Trinajstić information content (AvgIpc) is 2.93. The third-order valence-electron chi connectivity index (χ3n) is 3.73. The minimum Gasteiger partial charge on any atom is -0.370 e. The van der Waals surface area contributed by atoms with Crippen molar-refractivity contribution in [1.29, 1.82) is 0 Å². The van der Waals surface area contributed by atoms with Crippen LogP contribution in [0.25, 0.3) is 0 Å². The third-order valence-corrected chi connectivity index (χ3v) is 3.73. The number of nitrogen functional groups attached to an aromatic ring is 1. The molecule has 2 unspecified atom stereocenters. The topological polar surface area (TPSA) is 90.4 Å². The van der Waals surface area contributed by atoms with Crippen molar-refractivity contribution in [2.45, 2.75) is 51.7 Å². The van der Waals surface area contributed by atoms with E-state index in [0.29, 0.717) is 18.3 Å². The number of hydrogen-bond donors (Lipinski definition) is 2. The molecule has 1 aliphatic rings. The van der Waals surface area contributed by atoms with Crippen LogP contribution in [-0.4, -0.2) is 17.2 Å². The first-order valence-corrected chi connectivity index (χ1v) is 6.82. The average molecular weight is 267 g/mol. The molecule has 2 rings (SSSR count). The summed E-state index contributed by atoms with van der Waals surface area (Å²) in [5, 5.41) is 3.64. The maximum absolute atomic E-state index is 11.2. The maximum atomic E-state index is 11.2. The highest BCUT2D eigenvalue weighted by Gasteiger charge is 2.24. The Bertz CT molecular complexity index is 419. The van der Waals surface area contributed by atoms with E-state index in [2.05, 4.69) is 12.1 Å². The van der Waals surface area contributed by atoms with Gasteiger partial charge >= 0.3 is 0 Å². The molecule has 1 aromatic heterocycles. The summed E-state index contributed by atoms with van der Waals surface area (Å²) in [6.45, 7) is 2.55. The van der Waals surface area contributed by atoms with Gasteiger partial charge in [0.1, 0.15) is 6.61 Å². The molecule has 2 atom stereocenters. The fourth-order valence-corrected chi connectivity index (χ4v) is 2.61. The Morgan fingerprint density at radius 2 is 2.37 bits per heavy atom. The first kappa shape index (κ1) is 14.0. The van der Waals surface area contributed by atoms with E-state index in [0.717, 1.165) is 12.8 Å². The first-order chi connectivity index (χ1) is 9.24. The fourth-order valence-electron chi connectivity index (χ4n) is 2.61. The summed E-state index contributed by atoms with van der Waals surface area (Å²) in [5.74, 6) is 5.75. The SMILES string of the molecule is CCC1CCCCC1OCc1cc(C(=O)NN)no1. The number of amides is 1. The van der Waals surface area contributed by atoms with E-state index in [4.69, 9.17) is 15.1 Å². The summed E-state index contributed by atoms with van der Waals surface area (Å²) < 4.78 is 11.0. The molecule has 19 heavy (non-hydrogen) atoms. The van der Waals surface area contributed by atoms with Crippen LogP contribution in [-0.2, 0) is 11.3 Å². The summed E-state index contributed by atoms with van der Waals surface area (Å²) >= 11 is 0. The van der Waals surface area contributed by atoms with Crippen LogP contribution in [0, 0.1) is 5.92 Å². The Morgan fingerprint density at radius 3 is 3.11 bits per heavy atom. The quantitative estimate of drug-likeness (QED) is 0.482. The maximum Gasteiger partial charge on any atom is 0.287 e. The summed E-state index contributed by atoms with van der Waals surface area (Å²) in [5.41, 5.74) is 2.19. The molecule has 0 saturated heterocycles. The van der Waals surface area contributed by atoms with E-state index in [1.807, 2.05) is 5.43 Å². The molecule has 6 heteroatoms. The highest BCUT2D eigenvalue weighted by molar-refractivity contribution is 5.91. The third kappa shape index (κ3) is 3.54. The first-order valence-electron chi connectivity index (χ1n) is 6.82. The van der Waals surface area contributed by atoms with Crippen molar-refractivity contribution in [3.8, 4) is 0 Å². The minimum absolute atomic E-state index is 0.178. The van der Waals surface area contributed by atoms with E-state index in [1.165, 1.54) is 19.3 Å². The molecular weight excluding hydrogens is 246 g/mol. The predicted molar refractivity (Wildman–Crippen MR) is 69.0 cm³/mol. The Kier molecular flexibility index (Phi) is 4.93. The molecule has 0 bridgehead atoms. The van der Waals surface area contributed by atoms with Crippen LogP contribution in [0.3, 0.4) is 0 Å². The number of nitrogens with zero attached hydrogens (tertiary/aromatic N) is 1. The second kappa shape index (κ2) is 6.68.